The molecule has 0 aromatic heterocycles. The lowest BCUT2D eigenvalue weighted by Gasteiger charge is -2.46. The molecule has 2 atom stereocenters. The zero-order chi connectivity index (χ0) is 33.4. The van der Waals surface area contributed by atoms with Crippen LogP contribution in [-0.4, -0.2) is 69.2 Å². The molecule has 10 heteroatoms. The Kier molecular flexibility index (Phi) is 11.1. The SMILES string of the molecule is CC(=O)N([C@@H](Cc1ccccc1)C(=O)C(=O)OC(C)C)N1C(=O)C(C(C)C)N(C(=O)COc2ccccc2)C=C1c1ccccc1. The second kappa shape index (κ2) is 15.2. The smallest absolute Gasteiger partial charge is 0.377 e. The fourth-order valence-corrected chi connectivity index (χ4v) is 5.26. The van der Waals surface area contributed by atoms with Crippen molar-refractivity contribution in [3.8, 4) is 5.75 Å². The molecule has 3 aromatic rings. The highest BCUT2D eigenvalue weighted by Crippen LogP contribution is 2.33. The molecule has 240 valence electrons. The molecule has 1 unspecified atom stereocenters. The van der Waals surface area contributed by atoms with Crippen LogP contribution in [0.1, 0.15) is 45.7 Å². The van der Waals surface area contributed by atoms with Crippen LogP contribution in [0, 0.1) is 5.92 Å². The average Bonchev–Trinajstić information content (AvgIpc) is 3.04. The minimum absolute atomic E-state index is 0.0712. The van der Waals surface area contributed by atoms with E-state index >= 15 is 0 Å². The normalized spacial score (nSPS) is 15.3. The number of ketones is 1. The topological polar surface area (TPSA) is 114 Å². The number of hydrogen-bond donors (Lipinski definition) is 0. The van der Waals surface area contributed by atoms with Crippen molar-refractivity contribution in [2.75, 3.05) is 6.61 Å². The van der Waals surface area contributed by atoms with Gasteiger partial charge in [0.05, 0.1) is 11.8 Å². The number of Topliss-reactive ketones (excluding diaryl/α,β-unsaturated/α-hetero) is 1. The van der Waals surface area contributed by atoms with Crippen LogP contribution < -0.4 is 4.74 Å². The van der Waals surface area contributed by atoms with Crippen LogP contribution in [0.4, 0.5) is 0 Å². The molecule has 0 spiro atoms. The predicted molar refractivity (Wildman–Crippen MR) is 171 cm³/mol. The molecule has 0 aliphatic carbocycles. The summed E-state index contributed by atoms with van der Waals surface area (Å²) in [4.78, 5) is 70.1. The maximum Gasteiger partial charge on any atom is 0.377 e. The minimum Gasteiger partial charge on any atom is -0.484 e. The van der Waals surface area contributed by atoms with E-state index in [0.29, 0.717) is 16.9 Å². The van der Waals surface area contributed by atoms with Crippen LogP contribution in [0.25, 0.3) is 5.70 Å². The molecule has 4 rings (SSSR count). The second-order valence-electron chi connectivity index (χ2n) is 11.5. The fraction of sp³-hybridized carbons (Fsp3) is 0.306. The van der Waals surface area contributed by atoms with Crippen molar-refractivity contribution in [3.05, 3.63) is 108 Å². The Balaban J connectivity index is 1.85. The number of benzene rings is 3. The van der Waals surface area contributed by atoms with Gasteiger partial charge in [-0.1, -0.05) is 92.7 Å². The van der Waals surface area contributed by atoms with Crippen molar-refractivity contribution >= 4 is 35.2 Å². The summed E-state index contributed by atoms with van der Waals surface area (Å²) in [6, 6.07) is 24.0. The molecule has 1 heterocycles. The van der Waals surface area contributed by atoms with Crippen LogP contribution in [0.2, 0.25) is 0 Å². The molecule has 46 heavy (non-hydrogen) atoms. The van der Waals surface area contributed by atoms with Crippen LogP contribution in [0.5, 0.6) is 5.75 Å². The summed E-state index contributed by atoms with van der Waals surface area (Å²) in [5, 5.41) is 2.16. The third-order valence-electron chi connectivity index (χ3n) is 7.30. The second-order valence-corrected chi connectivity index (χ2v) is 11.5. The Bertz CT molecular complexity index is 1570. The summed E-state index contributed by atoms with van der Waals surface area (Å²) >= 11 is 0. The van der Waals surface area contributed by atoms with Gasteiger partial charge in [0.25, 0.3) is 17.6 Å². The monoisotopic (exact) mass is 625 g/mol. The first-order valence-corrected chi connectivity index (χ1v) is 15.2. The summed E-state index contributed by atoms with van der Waals surface area (Å²) in [6.07, 6.45) is 0.849. The lowest BCUT2D eigenvalue weighted by molar-refractivity contribution is -0.173. The highest BCUT2D eigenvalue weighted by Gasteiger charge is 2.47. The highest BCUT2D eigenvalue weighted by atomic mass is 16.5. The van der Waals surface area contributed by atoms with Gasteiger partial charge in [0.2, 0.25) is 5.91 Å². The van der Waals surface area contributed by atoms with E-state index in [0.717, 1.165) is 10.0 Å². The maximum absolute atomic E-state index is 14.6. The van der Waals surface area contributed by atoms with E-state index in [1.165, 1.54) is 18.0 Å². The van der Waals surface area contributed by atoms with Crippen molar-refractivity contribution in [2.24, 2.45) is 5.92 Å². The van der Waals surface area contributed by atoms with Gasteiger partial charge in [-0.3, -0.25) is 19.2 Å². The Morgan fingerprint density at radius 3 is 1.93 bits per heavy atom. The quantitative estimate of drug-likeness (QED) is 0.213. The number of hydrazine groups is 1. The Morgan fingerprint density at radius 1 is 0.826 bits per heavy atom. The third kappa shape index (κ3) is 7.87. The van der Waals surface area contributed by atoms with Gasteiger partial charge in [0.1, 0.15) is 17.8 Å². The van der Waals surface area contributed by atoms with Gasteiger partial charge < -0.3 is 14.4 Å². The Morgan fingerprint density at radius 2 is 1.39 bits per heavy atom. The fourth-order valence-electron chi connectivity index (χ4n) is 5.26. The molecule has 0 saturated carbocycles. The number of nitrogens with zero attached hydrogens (tertiary/aromatic N) is 3. The van der Waals surface area contributed by atoms with E-state index in [1.807, 2.05) is 6.07 Å². The largest absolute Gasteiger partial charge is 0.484 e. The Labute approximate surface area is 269 Å². The lowest BCUT2D eigenvalue weighted by Crippen LogP contribution is -2.64. The van der Waals surface area contributed by atoms with Gasteiger partial charge >= 0.3 is 5.97 Å². The number of esters is 1. The molecule has 0 N–H and O–H groups in total. The molecule has 3 aromatic carbocycles. The van der Waals surface area contributed by atoms with Crippen LogP contribution in [0.15, 0.2) is 97.2 Å². The van der Waals surface area contributed by atoms with Gasteiger partial charge in [-0.2, -0.15) is 0 Å². The zero-order valence-electron chi connectivity index (χ0n) is 26.7. The molecule has 1 aliphatic heterocycles. The molecule has 0 saturated heterocycles. The number of rotatable bonds is 12. The van der Waals surface area contributed by atoms with Crippen LogP contribution in [0.3, 0.4) is 0 Å². The first kappa shape index (κ1) is 33.6. The number of carbonyl (C=O) groups is 5. The lowest BCUT2D eigenvalue weighted by atomic mass is 9.97. The summed E-state index contributed by atoms with van der Waals surface area (Å²) in [5.74, 6) is -3.77. The maximum atomic E-state index is 14.6. The van der Waals surface area contributed by atoms with Crippen molar-refractivity contribution in [1.29, 1.82) is 0 Å². The van der Waals surface area contributed by atoms with E-state index in [2.05, 4.69) is 0 Å². The molecule has 0 radical (unpaired) electrons. The van der Waals surface area contributed by atoms with E-state index in [9.17, 15) is 24.0 Å². The number of carbonyl (C=O) groups excluding carboxylic acids is 5. The molecule has 0 bridgehead atoms. The standard InChI is InChI=1S/C36H39N3O7/c1-24(2)33-35(43)39(38(26(5)40)30(21-27-15-9-6-10-16-27)34(42)36(44)46-25(3)4)31(28-17-11-7-12-18-28)22-37(33)32(41)23-45-29-19-13-8-14-20-29/h6-20,22,24-25,30,33H,21,23H2,1-5H3/t30-,33?/m0/s1. The van der Waals surface area contributed by atoms with Crippen molar-refractivity contribution in [2.45, 2.75) is 59.2 Å². The predicted octanol–water partition coefficient (Wildman–Crippen LogP) is 4.65. The number of amides is 3. The van der Waals surface area contributed by atoms with Crippen molar-refractivity contribution in [3.63, 3.8) is 0 Å². The first-order chi connectivity index (χ1) is 22.0. The molecule has 10 nitrogen and oxygen atoms in total. The van der Waals surface area contributed by atoms with E-state index < -0.39 is 53.6 Å². The Hall–Kier alpha value is -5.25. The highest BCUT2D eigenvalue weighted by molar-refractivity contribution is 6.36. The molecular formula is C36H39N3O7. The van der Waals surface area contributed by atoms with Crippen LogP contribution in [-0.2, 0) is 35.1 Å². The summed E-state index contributed by atoms with van der Waals surface area (Å²) in [5.41, 5.74) is 1.34. The summed E-state index contributed by atoms with van der Waals surface area (Å²) in [6.45, 7) is 7.68. The number of hydrogen-bond acceptors (Lipinski definition) is 7. The zero-order valence-corrected chi connectivity index (χ0v) is 26.7. The summed E-state index contributed by atoms with van der Waals surface area (Å²) in [7, 11) is 0. The number of ether oxygens (including phenoxy) is 2. The van der Waals surface area contributed by atoms with Crippen molar-refractivity contribution < 1.29 is 33.4 Å². The van der Waals surface area contributed by atoms with Gasteiger partial charge in [-0.25, -0.2) is 14.8 Å². The molecule has 0 fully saturated rings. The average molecular weight is 626 g/mol. The van der Waals surface area contributed by atoms with Gasteiger partial charge in [0, 0.05) is 25.1 Å². The van der Waals surface area contributed by atoms with Gasteiger partial charge in [0.15, 0.2) is 6.61 Å². The third-order valence-corrected chi connectivity index (χ3v) is 7.30. The molecule has 1 aliphatic rings. The van der Waals surface area contributed by atoms with Crippen molar-refractivity contribution in [1.82, 2.24) is 14.9 Å². The van der Waals surface area contributed by atoms with Crippen LogP contribution >= 0.6 is 0 Å². The summed E-state index contributed by atoms with van der Waals surface area (Å²) < 4.78 is 11.0. The first-order valence-electron chi connectivity index (χ1n) is 15.2. The minimum atomic E-state index is -1.43. The van der Waals surface area contributed by atoms with E-state index in [4.69, 9.17) is 9.47 Å². The molecular weight excluding hydrogens is 586 g/mol. The van der Waals surface area contributed by atoms with E-state index in [-0.39, 0.29) is 18.7 Å². The van der Waals surface area contributed by atoms with Gasteiger partial charge in [-0.05, 0) is 37.5 Å². The van der Waals surface area contributed by atoms with E-state index in [1.54, 1.807) is 113 Å². The van der Waals surface area contributed by atoms with Gasteiger partial charge in [-0.15, -0.1) is 0 Å². The number of para-hydroxylation sites is 1. The molecule has 3 amide bonds.